The van der Waals surface area contributed by atoms with Crippen molar-refractivity contribution in [2.75, 3.05) is 13.1 Å². The number of hydrogen-bond donors (Lipinski definition) is 0. The van der Waals surface area contributed by atoms with Crippen molar-refractivity contribution in [3.63, 3.8) is 0 Å². The van der Waals surface area contributed by atoms with Gasteiger partial charge >= 0.3 is 0 Å². The number of carbonyl (C=O) groups is 1. The van der Waals surface area contributed by atoms with Crippen LogP contribution in [-0.2, 0) is 11.2 Å². The second kappa shape index (κ2) is 5.96. The normalized spacial score (nSPS) is 18.2. The molecule has 7 heteroatoms. The van der Waals surface area contributed by atoms with Crippen LogP contribution >= 0.6 is 11.7 Å². The highest BCUT2D eigenvalue weighted by atomic mass is 32.1. The molecule has 20 heavy (non-hydrogen) atoms. The number of carbonyl (C=O) groups excluding carboxylic acids is 1. The summed E-state index contributed by atoms with van der Waals surface area (Å²) in [5, 5.41) is 0. The van der Waals surface area contributed by atoms with E-state index in [1.54, 1.807) is 18.6 Å². The minimum Gasteiger partial charge on any atom is -0.471 e. The zero-order chi connectivity index (χ0) is 13.8. The summed E-state index contributed by atoms with van der Waals surface area (Å²) < 4.78 is 13.6. The summed E-state index contributed by atoms with van der Waals surface area (Å²) in [6, 6.07) is 3.75. The fourth-order valence-electron chi connectivity index (χ4n) is 2.22. The number of ether oxygens (including phenoxy) is 1. The Morgan fingerprint density at radius 2 is 2.45 bits per heavy atom. The van der Waals surface area contributed by atoms with Gasteiger partial charge in [-0.3, -0.25) is 9.78 Å². The van der Waals surface area contributed by atoms with E-state index in [1.807, 2.05) is 17.0 Å². The van der Waals surface area contributed by atoms with Crippen LogP contribution < -0.4 is 4.74 Å². The van der Waals surface area contributed by atoms with Crippen molar-refractivity contribution in [3.8, 4) is 5.88 Å². The third-order valence-electron chi connectivity index (χ3n) is 3.20. The first-order valence-electron chi connectivity index (χ1n) is 6.42. The summed E-state index contributed by atoms with van der Waals surface area (Å²) >= 11 is 1.12. The maximum Gasteiger partial charge on any atom is 0.246 e. The topological polar surface area (TPSA) is 68.2 Å². The van der Waals surface area contributed by atoms with E-state index in [4.69, 9.17) is 4.74 Å². The highest BCUT2D eigenvalue weighted by Crippen LogP contribution is 2.17. The van der Waals surface area contributed by atoms with Gasteiger partial charge in [0.05, 0.1) is 24.7 Å². The number of likely N-dealkylation sites (tertiary alicyclic amines) is 1. The van der Waals surface area contributed by atoms with Crippen molar-refractivity contribution in [1.29, 1.82) is 0 Å². The number of nitrogens with zero attached hydrogens (tertiary/aromatic N) is 4. The molecule has 1 fully saturated rings. The molecule has 0 N–H and O–H groups in total. The largest absolute Gasteiger partial charge is 0.471 e. The smallest absolute Gasteiger partial charge is 0.246 e. The number of rotatable bonds is 4. The standard InChI is InChI=1S/C13H14N4O2S/c18-13(6-10-2-1-4-14-7-10)17-5-3-11(9-17)19-12-8-15-20-16-12/h1-2,4,7-8,11H,3,5-6,9H2. The molecular weight excluding hydrogens is 276 g/mol. The molecule has 0 aromatic carbocycles. The summed E-state index contributed by atoms with van der Waals surface area (Å²) in [5.41, 5.74) is 0.936. The Balaban J connectivity index is 1.53. The second-order valence-electron chi connectivity index (χ2n) is 4.65. The fourth-order valence-corrected chi connectivity index (χ4v) is 2.57. The third-order valence-corrected chi connectivity index (χ3v) is 3.67. The van der Waals surface area contributed by atoms with Gasteiger partial charge in [0.1, 0.15) is 12.3 Å². The summed E-state index contributed by atoms with van der Waals surface area (Å²) in [7, 11) is 0. The van der Waals surface area contributed by atoms with E-state index in [9.17, 15) is 4.79 Å². The van der Waals surface area contributed by atoms with Crippen molar-refractivity contribution in [2.24, 2.45) is 0 Å². The molecule has 6 nitrogen and oxygen atoms in total. The van der Waals surface area contributed by atoms with Gasteiger partial charge in [0, 0.05) is 25.4 Å². The van der Waals surface area contributed by atoms with Gasteiger partial charge in [-0.15, -0.1) is 4.37 Å². The number of aromatic nitrogens is 3. The minimum absolute atomic E-state index is 0.0109. The van der Waals surface area contributed by atoms with E-state index in [-0.39, 0.29) is 12.0 Å². The summed E-state index contributed by atoms with van der Waals surface area (Å²) in [6.45, 7) is 1.33. The summed E-state index contributed by atoms with van der Waals surface area (Å²) in [4.78, 5) is 18.0. The molecule has 0 spiro atoms. The van der Waals surface area contributed by atoms with E-state index in [2.05, 4.69) is 13.7 Å². The molecular formula is C13H14N4O2S. The van der Waals surface area contributed by atoms with E-state index in [0.29, 0.717) is 18.8 Å². The number of pyridine rings is 1. The highest BCUT2D eigenvalue weighted by Gasteiger charge is 2.27. The molecule has 0 radical (unpaired) electrons. The first kappa shape index (κ1) is 13.0. The Labute approximate surface area is 120 Å². The van der Waals surface area contributed by atoms with Gasteiger partial charge in [-0.1, -0.05) is 6.07 Å². The van der Waals surface area contributed by atoms with Gasteiger partial charge in [0.2, 0.25) is 11.8 Å². The predicted molar refractivity (Wildman–Crippen MR) is 73.5 cm³/mol. The van der Waals surface area contributed by atoms with Crippen LogP contribution in [0.1, 0.15) is 12.0 Å². The summed E-state index contributed by atoms with van der Waals surface area (Å²) in [6.07, 6.45) is 6.26. The Kier molecular flexibility index (Phi) is 3.87. The van der Waals surface area contributed by atoms with Gasteiger partial charge in [-0.25, -0.2) is 0 Å². The van der Waals surface area contributed by atoms with Crippen LogP contribution in [0.25, 0.3) is 0 Å². The second-order valence-corrected chi connectivity index (χ2v) is 5.21. The van der Waals surface area contributed by atoms with Gasteiger partial charge in [0.15, 0.2) is 0 Å². The lowest BCUT2D eigenvalue weighted by atomic mass is 10.2. The molecule has 1 aliphatic heterocycles. The van der Waals surface area contributed by atoms with Crippen LogP contribution in [0.15, 0.2) is 30.7 Å². The molecule has 1 atom stereocenters. The Morgan fingerprint density at radius 1 is 1.50 bits per heavy atom. The van der Waals surface area contributed by atoms with Crippen molar-refractivity contribution in [1.82, 2.24) is 18.6 Å². The number of amides is 1. The quantitative estimate of drug-likeness (QED) is 0.845. The predicted octanol–water partition coefficient (Wildman–Crippen LogP) is 1.16. The molecule has 0 saturated carbocycles. The maximum atomic E-state index is 12.2. The minimum atomic E-state index is 0.0109. The van der Waals surface area contributed by atoms with Gasteiger partial charge in [-0.05, 0) is 11.6 Å². The molecule has 1 amide bonds. The van der Waals surface area contributed by atoms with Gasteiger partial charge in [0.25, 0.3) is 0 Å². The van der Waals surface area contributed by atoms with Crippen molar-refractivity contribution >= 4 is 17.6 Å². The zero-order valence-corrected chi connectivity index (χ0v) is 11.6. The van der Waals surface area contributed by atoms with Crippen LogP contribution in [-0.4, -0.2) is 43.7 Å². The van der Waals surface area contributed by atoms with Crippen molar-refractivity contribution in [3.05, 3.63) is 36.3 Å². The fraction of sp³-hybridized carbons (Fsp3) is 0.385. The Hall–Kier alpha value is -2.02. The van der Waals surface area contributed by atoms with Crippen molar-refractivity contribution < 1.29 is 9.53 Å². The lowest BCUT2D eigenvalue weighted by Gasteiger charge is -2.16. The molecule has 0 aliphatic carbocycles. The first-order valence-corrected chi connectivity index (χ1v) is 7.15. The summed E-state index contributed by atoms with van der Waals surface area (Å²) in [5.74, 6) is 0.655. The van der Waals surface area contributed by atoms with Gasteiger partial charge < -0.3 is 9.64 Å². The third kappa shape index (κ3) is 3.11. The average molecular weight is 290 g/mol. The van der Waals surface area contributed by atoms with Crippen LogP contribution in [0.5, 0.6) is 5.88 Å². The number of hydrogen-bond acceptors (Lipinski definition) is 6. The molecule has 1 saturated heterocycles. The molecule has 0 bridgehead atoms. The molecule has 1 unspecified atom stereocenters. The van der Waals surface area contributed by atoms with E-state index >= 15 is 0 Å². The van der Waals surface area contributed by atoms with Crippen LogP contribution in [0.2, 0.25) is 0 Å². The molecule has 3 rings (SSSR count). The van der Waals surface area contributed by atoms with Crippen molar-refractivity contribution in [2.45, 2.75) is 18.9 Å². The Bertz CT molecular complexity index is 561. The van der Waals surface area contributed by atoms with E-state index < -0.39 is 0 Å². The zero-order valence-electron chi connectivity index (χ0n) is 10.8. The van der Waals surface area contributed by atoms with Crippen LogP contribution in [0.4, 0.5) is 0 Å². The molecule has 104 valence electrons. The first-order chi connectivity index (χ1) is 9.81. The van der Waals surface area contributed by atoms with Gasteiger partial charge in [-0.2, -0.15) is 4.37 Å². The van der Waals surface area contributed by atoms with E-state index in [1.165, 1.54) is 0 Å². The lowest BCUT2D eigenvalue weighted by molar-refractivity contribution is -0.129. The average Bonchev–Trinajstić information content (AvgIpc) is 3.12. The maximum absolute atomic E-state index is 12.2. The Morgan fingerprint density at radius 3 is 3.20 bits per heavy atom. The SMILES string of the molecule is O=C(Cc1cccnc1)N1CCC(Oc2cnsn2)C1. The van der Waals surface area contributed by atoms with E-state index in [0.717, 1.165) is 30.3 Å². The van der Waals surface area contributed by atoms with Crippen LogP contribution in [0, 0.1) is 0 Å². The monoisotopic (exact) mass is 290 g/mol. The highest BCUT2D eigenvalue weighted by molar-refractivity contribution is 6.99. The molecule has 2 aromatic rings. The molecule has 1 aliphatic rings. The lowest BCUT2D eigenvalue weighted by Crippen LogP contribution is -2.32. The molecule has 2 aromatic heterocycles. The molecule has 3 heterocycles. The van der Waals surface area contributed by atoms with Crippen LogP contribution in [0.3, 0.4) is 0 Å².